The lowest BCUT2D eigenvalue weighted by Crippen LogP contribution is -2.16. The van der Waals surface area contributed by atoms with E-state index in [1.54, 1.807) is 5.57 Å². The second kappa shape index (κ2) is 3.97. The van der Waals surface area contributed by atoms with Gasteiger partial charge in [0.15, 0.2) is 0 Å². The van der Waals surface area contributed by atoms with Gasteiger partial charge in [0, 0.05) is 12.0 Å². The van der Waals surface area contributed by atoms with Crippen LogP contribution in [0.1, 0.15) is 26.2 Å². The third-order valence-corrected chi connectivity index (χ3v) is 3.67. The first kappa shape index (κ1) is 9.47. The van der Waals surface area contributed by atoms with Crippen molar-refractivity contribution >= 4 is 23.5 Å². The monoisotopic (exact) mass is 215 g/mol. The van der Waals surface area contributed by atoms with E-state index in [4.69, 9.17) is 11.6 Å². The Morgan fingerprint density at radius 1 is 1.54 bits per heavy atom. The molecule has 0 saturated heterocycles. The Balaban J connectivity index is 2.12. The van der Waals surface area contributed by atoms with Crippen LogP contribution < -0.4 is 0 Å². The molecule has 0 fully saturated rings. The molecule has 3 heteroatoms. The van der Waals surface area contributed by atoms with Crippen LogP contribution in [-0.4, -0.2) is 16.6 Å². The average molecular weight is 216 g/mol. The van der Waals surface area contributed by atoms with Crippen LogP contribution in [0, 0.1) is 0 Å². The van der Waals surface area contributed by atoms with Crippen molar-refractivity contribution in [2.45, 2.75) is 26.2 Å². The van der Waals surface area contributed by atoms with E-state index in [2.05, 4.69) is 17.4 Å². The van der Waals surface area contributed by atoms with E-state index in [9.17, 15) is 0 Å². The van der Waals surface area contributed by atoms with Gasteiger partial charge in [-0.15, -0.1) is 0 Å². The lowest BCUT2D eigenvalue weighted by Gasteiger charge is -2.24. The van der Waals surface area contributed by atoms with Gasteiger partial charge < -0.3 is 4.31 Å². The summed E-state index contributed by atoms with van der Waals surface area (Å²) in [5.41, 5.74) is 2.99. The van der Waals surface area contributed by atoms with Gasteiger partial charge in [-0.2, -0.15) is 0 Å². The van der Waals surface area contributed by atoms with Crippen LogP contribution in [0.3, 0.4) is 0 Å². The van der Waals surface area contributed by atoms with E-state index >= 15 is 0 Å². The van der Waals surface area contributed by atoms with Crippen LogP contribution in [0.25, 0.3) is 0 Å². The summed E-state index contributed by atoms with van der Waals surface area (Å²) in [6.45, 7) is 3.26. The topological polar surface area (TPSA) is 3.24 Å². The van der Waals surface area contributed by atoms with Crippen LogP contribution >= 0.6 is 23.5 Å². The highest BCUT2D eigenvalue weighted by Gasteiger charge is 2.22. The number of halogens is 1. The molecule has 1 heterocycles. The highest BCUT2D eigenvalue weighted by atomic mass is 35.5. The number of rotatable bonds is 2. The maximum absolute atomic E-state index is 6.20. The molecule has 0 aromatic heterocycles. The molecular formula is C10H14ClNS. The maximum Gasteiger partial charge on any atom is 0.0606 e. The summed E-state index contributed by atoms with van der Waals surface area (Å²) in [5, 5.41) is 0.972. The predicted octanol–water partition coefficient (Wildman–Crippen LogP) is 3.53. The molecule has 13 heavy (non-hydrogen) atoms. The summed E-state index contributed by atoms with van der Waals surface area (Å²) in [6.07, 6.45) is 5.81. The minimum absolute atomic E-state index is 0.972. The van der Waals surface area contributed by atoms with Gasteiger partial charge in [0.25, 0.3) is 0 Å². The second-order valence-electron chi connectivity index (χ2n) is 3.41. The van der Waals surface area contributed by atoms with Crippen molar-refractivity contribution in [3.63, 3.8) is 0 Å². The Bertz CT molecular complexity index is 270. The van der Waals surface area contributed by atoms with Crippen LogP contribution in [0.15, 0.2) is 22.4 Å². The molecular weight excluding hydrogens is 202 g/mol. The van der Waals surface area contributed by atoms with E-state index in [0.29, 0.717) is 0 Å². The van der Waals surface area contributed by atoms with Gasteiger partial charge in [-0.3, -0.25) is 0 Å². The van der Waals surface area contributed by atoms with E-state index in [-0.39, 0.29) is 0 Å². The van der Waals surface area contributed by atoms with Gasteiger partial charge >= 0.3 is 0 Å². The highest BCUT2D eigenvalue weighted by molar-refractivity contribution is 7.97. The molecule has 1 aliphatic carbocycles. The van der Waals surface area contributed by atoms with Gasteiger partial charge in [0.2, 0.25) is 0 Å². The third kappa shape index (κ3) is 1.89. The van der Waals surface area contributed by atoms with Gasteiger partial charge in [0.1, 0.15) is 0 Å². The lowest BCUT2D eigenvalue weighted by molar-refractivity contribution is 0.650. The van der Waals surface area contributed by atoms with Crippen LogP contribution in [-0.2, 0) is 0 Å². The average Bonchev–Trinajstić information content (AvgIpc) is 2.53. The largest absolute Gasteiger partial charge is 0.318 e. The fraction of sp³-hybridized carbons (Fsp3) is 0.600. The van der Waals surface area contributed by atoms with E-state index in [1.807, 2.05) is 11.9 Å². The highest BCUT2D eigenvalue weighted by Crippen LogP contribution is 2.38. The zero-order valence-electron chi connectivity index (χ0n) is 7.85. The fourth-order valence-corrected chi connectivity index (χ4v) is 3.12. The Morgan fingerprint density at radius 2 is 2.38 bits per heavy atom. The minimum Gasteiger partial charge on any atom is -0.318 e. The maximum atomic E-state index is 6.20. The Labute approximate surface area is 89.0 Å². The van der Waals surface area contributed by atoms with E-state index in [0.717, 1.165) is 17.3 Å². The molecule has 1 nitrogen and oxygen atoms in total. The first-order valence-corrected chi connectivity index (χ1v) is 6.11. The quantitative estimate of drug-likeness (QED) is 0.649. The molecule has 0 N–H and O–H groups in total. The van der Waals surface area contributed by atoms with Crippen molar-refractivity contribution in [2.75, 3.05) is 12.3 Å². The molecule has 2 aliphatic rings. The van der Waals surface area contributed by atoms with Crippen LogP contribution in [0.4, 0.5) is 0 Å². The SMILES string of the molecule is CCSN1C=C(Cl)C2=C(CCC2)C1. The first-order chi connectivity index (χ1) is 6.31. The van der Waals surface area contributed by atoms with E-state index in [1.165, 1.54) is 24.8 Å². The van der Waals surface area contributed by atoms with Crippen molar-refractivity contribution in [2.24, 2.45) is 0 Å². The summed E-state index contributed by atoms with van der Waals surface area (Å²) in [4.78, 5) is 0. The van der Waals surface area contributed by atoms with Crippen molar-refractivity contribution in [3.05, 3.63) is 22.4 Å². The summed E-state index contributed by atoms with van der Waals surface area (Å²) in [7, 11) is 0. The first-order valence-electron chi connectivity index (χ1n) is 4.79. The molecule has 0 unspecified atom stereocenters. The fourth-order valence-electron chi connectivity index (χ4n) is 1.96. The Kier molecular flexibility index (Phi) is 2.89. The molecule has 2 rings (SSSR count). The molecule has 0 spiro atoms. The number of allylic oxidation sites excluding steroid dienone is 2. The molecule has 1 aliphatic heterocycles. The van der Waals surface area contributed by atoms with Crippen molar-refractivity contribution < 1.29 is 0 Å². The molecule has 0 amide bonds. The number of nitrogens with zero attached hydrogens (tertiary/aromatic N) is 1. The normalized spacial score (nSPS) is 22.0. The van der Waals surface area contributed by atoms with Crippen molar-refractivity contribution in [1.82, 2.24) is 4.31 Å². The van der Waals surface area contributed by atoms with Gasteiger partial charge in [-0.1, -0.05) is 30.5 Å². The standard InChI is InChI=1S/C10H14ClNS/c1-2-13-12-6-8-4-3-5-9(8)10(11)7-12/h7H,2-6H2,1H3. The summed E-state index contributed by atoms with van der Waals surface area (Å²) < 4.78 is 2.26. The third-order valence-electron chi connectivity index (χ3n) is 2.52. The summed E-state index contributed by atoms with van der Waals surface area (Å²) in [6, 6.07) is 0. The zero-order valence-corrected chi connectivity index (χ0v) is 9.42. The predicted molar refractivity (Wildman–Crippen MR) is 59.7 cm³/mol. The van der Waals surface area contributed by atoms with Crippen LogP contribution in [0.5, 0.6) is 0 Å². The molecule has 0 atom stereocenters. The Morgan fingerprint density at radius 3 is 3.15 bits per heavy atom. The van der Waals surface area contributed by atoms with Gasteiger partial charge in [-0.05, 0) is 30.4 Å². The van der Waals surface area contributed by atoms with E-state index < -0.39 is 0 Å². The van der Waals surface area contributed by atoms with Crippen LogP contribution in [0.2, 0.25) is 0 Å². The van der Waals surface area contributed by atoms with Gasteiger partial charge in [-0.25, -0.2) is 0 Å². The van der Waals surface area contributed by atoms with Crippen molar-refractivity contribution in [1.29, 1.82) is 0 Å². The summed E-state index contributed by atoms with van der Waals surface area (Å²) in [5.74, 6) is 1.11. The van der Waals surface area contributed by atoms with Gasteiger partial charge in [0.05, 0.1) is 11.6 Å². The minimum atomic E-state index is 0.972. The number of hydrogen-bond donors (Lipinski definition) is 0. The molecule has 0 aromatic carbocycles. The van der Waals surface area contributed by atoms with Crippen molar-refractivity contribution in [3.8, 4) is 0 Å². The Hall–Kier alpha value is -0.0800. The molecule has 72 valence electrons. The lowest BCUT2D eigenvalue weighted by atomic mass is 10.1. The summed E-state index contributed by atoms with van der Waals surface area (Å²) >= 11 is 8.04. The zero-order chi connectivity index (χ0) is 9.26. The molecule has 0 radical (unpaired) electrons. The smallest absolute Gasteiger partial charge is 0.0606 e. The molecule has 0 saturated carbocycles. The molecule has 0 aromatic rings. The second-order valence-corrected chi connectivity index (χ2v) is 5.12. The molecule has 0 bridgehead atoms. The number of hydrogen-bond acceptors (Lipinski definition) is 2.